The van der Waals surface area contributed by atoms with Crippen LogP contribution >= 0.6 is 34.8 Å². The second-order valence-corrected chi connectivity index (χ2v) is 9.23. The molecule has 1 amide bonds. The molecule has 0 bridgehead atoms. The number of amides is 1. The highest BCUT2D eigenvalue weighted by atomic mass is 35.5. The Labute approximate surface area is 207 Å². The number of carbonyl (C=O) groups is 1. The smallest absolute Gasteiger partial charge is 0.253 e. The molecule has 0 spiro atoms. The van der Waals surface area contributed by atoms with Crippen LogP contribution in [0.3, 0.4) is 0 Å². The maximum Gasteiger partial charge on any atom is 0.253 e. The first-order valence-corrected chi connectivity index (χ1v) is 11.5. The number of nitrogens with zero attached hydrogens (tertiary/aromatic N) is 3. The summed E-state index contributed by atoms with van der Waals surface area (Å²) < 4.78 is 6.12. The first kappa shape index (κ1) is 23.4. The predicted molar refractivity (Wildman–Crippen MR) is 129 cm³/mol. The molecule has 0 N–H and O–H groups in total. The number of rotatable bonds is 5. The maximum absolute atomic E-state index is 13.2. The lowest BCUT2D eigenvalue weighted by molar-refractivity contribution is 0.0769. The van der Waals surface area contributed by atoms with Gasteiger partial charge >= 0.3 is 0 Å². The van der Waals surface area contributed by atoms with Crippen molar-refractivity contribution in [3.05, 3.63) is 92.6 Å². The van der Waals surface area contributed by atoms with Gasteiger partial charge in [-0.1, -0.05) is 40.9 Å². The molecule has 1 aliphatic heterocycles. The van der Waals surface area contributed by atoms with Gasteiger partial charge in [0.25, 0.3) is 5.91 Å². The van der Waals surface area contributed by atoms with Crippen LogP contribution < -0.4 is 4.74 Å². The maximum atomic E-state index is 13.2. The molecule has 0 aliphatic carbocycles. The molecule has 1 unspecified atom stereocenters. The van der Waals surface area contributed by atoms with Gasteiger partial charge in [-0.05, 0) is 55.0 Å². The third-order valence-corrected chi connectivity index (χ3v) is 6.86. The van der Waals surface area contributed by atoms with E-state index in [9.17, 15) is 4.79 Å². The van der Waals surface area contributed by atoms with Crippen LogP contribution in [0, 0.1) is 17.2 Å². The van der Waals surface area contributed by atoms with E-state index in [1.807, 2.05) is 24.0 Å². The molecular weight excluding hydrogens is 481 g/mol. The molecule has 1 aliphatic rings. The van der Waals surface area contributed by atoms with Gasteiger partial charge < -0.3 is 9.64 Å². The van der Waals surface area contributed by atoms with Crippen molar-refractivity contribution in [3.8, 4) is 11.9 Å². The molecule has 4 rings (SSSR count). The van der Waals surface area contributed by atoms with Crippen molar-refractivity contribution < 1.29 is 9.53 Å². The van der Waals surface area contributed by atoms with Gasteiger partial charge in [-0.25, -0.2) is 4.98 Å². The molecule has 0 saturated carbocycles. The molecule has 1 aromatic heterocycles. The van der Waals surface area contributed by atoms with Gasteiger partial charge in [0.15, 0.2) is 0 Å². The van der Waals surface area contributed by atoms with Gasteiger partial charge in [0.1, 0.15) is 6.10 Å². The zero-order chi connectivity index (χ0) is 23.5. The number of hydrogen-bond donors (Lipinski definition) is 0. The van der Waals surface area contributed by atoms with E-state index in [1.165, 1.54) is 6.20 Å². The predicted octanol–water partition coefficient (Wildman–Crippen LogP) is 6.24. The van der Waals surface area contributed by atoms with Crippen LogP contribution in [0.15, 0.2) is 60.8 Å². The fourth-order valence-corrected chi connectivity index (χ4v) is 4.56. The van der Waals surface area contributed by atoms with Crippen LogP contribution in [0.25, 0.3) is 0 Å². The van der Waals surface area contributed by atoms with E-state index in [0.29, 0.717) is 45.2 Å². The number of likely N-dealkylation sites (tertiary alicyclic amines) is 1. The van der Waals surface area contributed by atoms with E-state index in [1.54, 1.807) is 42.5 Å². The third-order valence-electron chi connectivity index (χ3n) is 5.89. The van der Waals surface area contributed by atoms with Crippen LogP contribution in [0.1, 0.15) is 34.3 Å². The molecule has 2 heterocycles. The van der Waals surface area contributed by atoms with E-state index in [-0.39, 0.29) is 23.8 Å². The average Bonchev–Trinajstić information content (AvgIpc) is 3.27. The lowest BCUT2D eigenvalue weighted by atomic mass is 9.86. The second-order valence-electron chi connectivity index (χ2n) is 7.98. The second kappa shape index (κ2) is 10.0. The number of benzene rings is 2. The first-order valence-electron chi connectivity index (χ1n) is 10.4. The fraction of sp³-hybridized carbons (Fsp3) is 0.240. The zero-order valence-electron chi connectivity index (χ0n) is 17.7. The van der Waals surface area contributed by atoms with Gasteiger partial charge in [-0.2, -0.15) is 5.26 Å². The molecule has 168 valence electrons. The average molecular weight is 501 g/mol. The summed E-state index contributed by atoms with van der Waals surface area (Å²) >= 11 is 18.4. The number of aromatic nitrogens is 1. The third kappa shape index (κ3) is 5.25. The Hall–Kier alpha value is -2.78. The number of pyridine rings is 1. The summed E-state index contributed by atoms with van der Waals surface area (Å²) in [4.78, 5) is 19.3. The van der Waals surface area contributed by atoms with Crippen LogP contribution in [0.5, 0.6) is 5.88 Å². The SMILES string of the molecule is C[C@@H](Oc1ccc(Cl)cn1)C1CN(C(=O)c2ccc(C#N)cc2)C[C@H]1c1ccc(Cl)c(Cl)c1. The van der Waals surface area contributed by atoms with Crippen LogP contribution in [-0.4, -0.2) is 35.0 Å². The van der Waals surface area contributed by atoms with Crippen molar-refractivity contribution in [2.24, 2.45) is 5.92 Å². The Morgan fingerprint density at radius 2 is 1.85 bits per heavy atom. The Bertz CT molecular complexity index is 1190. The Balaban J connectivity index is 1.60. The first-order chi connectivity index (χ1) is 15.9. The van der Waals surface area contributed by atoms with E-state index in [4.69, 9.17) is 44.8 Å². The van der Waals surface area contributed by atoms with Gasteiger partial charge in [0, 0.05) is 42.8 Å². The van der Waals surface area contributed by atoms with Gasteiger partial charge in [-0.3, -0.25) is 4.79 Å². The minimum atomic E-state index is -0.239. The fourth-order valence-electron chi connectivity index (χ4n) is 4.15. The summed E-state index contributed by atoms with van der Waals surface area (Å²) in [6, 6.07) is 17.7. The largest absolute Gasteiger partial charge is 0.474 e. The molecule has 1 saturated heterocycles. The number of nitriles is 1. The van der Waals surface area contributed by atoms with Gasteiger partial charge in [0.2, 0.25) is 5.88 Å². The topological polar surface area (TPSA) is 66.2 Å². The minimum absolute atomic E-state index is 0.00982. The van der Waals surface area contributed by atoms with Crippen molar-refractivity contribution in [2.75, 3.05) is 13.1 Å². The van der Waals surface area contributed by atoms with Crippen LogP contribution in [-0.2, 0) is 0 Å². The molecule has 1 fully saturated rings. The summed E-state index contributed by atoms with van der Waals surface area (Å²) in [5.41, 5.74) is 2.04. The number of halogens is 3. The highest BCUT2D eigenvalue weighted by Gasteiger charge is 2.40. The van der Waals surface area contributed by atoms with E-state index >= 15 is 0 Å². The number of ether oxygens (including phenoxy) is 1. The van der Waals surface area contributed by atoms with Gasteiger partial charge in [-0.15, -0.1) is 0 Å². The summed E-state index contributed by atoms with van der Waals surface area (Å²) in [6.45, 7) is 2.98. The lowest BCUT2D eigenvalue weighted by Crippen LogP contribution is -2.32. The molecule has 8 heteroatoms. The van der Waals surface area contributed by atoms with E-state index in [2.05, 4.69) is 11.1 Å². The molecule has 33 heavy (non-hydrogen) atoms. The molecular formula is C25H20Cl3N3O2. The normalized spacial score (nSPS) is 18.6. The highest BCUT2D eigenvalue weighted by Crippen LogP contribution is 2.38. The molecule has 5 nitrogen and oxygen atoms in total. The standard InChI is InChI=1S/C25H20Cl3N3O2/c1-15(33-24-9-7-19(26)12-30-24)20-13-31(25(32)17-4-2-16(11-29)3-5-17)14-21(20)18-6-8-22(27)23(28)10-18/h2-10,12,15,20-21H,13-14H2,1H3/t15-,20?,21+/m1/s1. The molecule has 3 atom stereocenters. The van der Waals surface area contributed by atoms with Crippen LogP contribution in [0.2, 0.25) is 15.1 Å². The van der Waals surface area contributed by atoms with Crippen molar-refractivity contribution in [2.45, 2.75) is 18.9 Å². The van der Waals surface area contributed by atoms with Crippen LogP contribution in [0.4, 0.5) is 0 Å². The summed E-state index contributed by atoms with van der Waals surface area (Å²) in [7, 11) is 0. The monoisotopic (exact) mass is 499 g/mol. The Morgan fingerprint density at radius 3 is 2.48 bits per heavy atom. The number of carbonyl (C=O) groups excluding carboxylic acids is 1. The summed E-state index contributed by atoms with van der Waals surface area (Å²) in [6.07, 6.45) is 1.30. The zero-order valence-corrected chi connectivity index (χ0v) is 20.0. The molecule has 3 aromatic rings. The van der Waals surface area contributed by atoms with E-state index in [0.717, 1.165) is 5.56 Å². The minimum Gasteiger partial charge on any atom is -0.474 e. The van der Waals surface area contributed by atoms with E-state index < -0.39 is 0 Å². The summed E-state index contributed by atoms with van der Waals surface area (Å²) in [5, 5.41) is 10.5. The van der Waals surface area contributed by atoms with Crippen molar-refractivity contribution in [1.29, 1.82) is 5.26 Å². The van der Waals surface area contributed by atoms with Crippen molar-refractivity contribution in [3.63, 3.8) is 0 Å². The van der Waals surface area contributed by atoms with Crippen molar-refractivity contribution in [1.82, 2.24) is 9.88 Å². The molecule has 0 radical (unpaired) electrons. The number of hydrogen-bond acceptors (Lipinski definition) is 4. The Kier molecular flexibility index (Phi) is 7.09. The Morgan fingerprint density at radius 1 is 1.09 bits per heavy atom. The quantitative estimate of drug-likeness (QED) is 0.416. The summed E-state index contributed by atoms with van der Waals surface area (Å²) in [5.74, 6) is 0.354. The molecule has 2 aromatic carbocycles. The van der Waals surface area contributed by atoms with Crippen molar-refractivity contribution >= 4 is 40.7 Å². The van der Waals surface area contributed by atoms with Gasteiger partial charge in [0.05, 0.1) is 26.7 Å². The highest BCUT2D eigenvalue weighted by molar-refractivity contribution is 6.42. The lowest BCUT2D eigenvalue weighted by Gasteiger charge is -2.25.